The van der Waals surface area contributed by atoms with Crippen LogP contribution in [0.15, 0.2) is 42.5 Å². The summed E-state index contributed by atoms with van der Waals surface area (Å²) in [5.74, 6) is 2.27. The number of benzene rings is 2. The third kappa shape index (κ3) is 4.56. The number of aryl methyl sites for hydroxylation is 1. The van der Waals surface area contributed by atoms with Crippen LogP contribution in [0.4, 0.5) is 5.69 Å². The second-order valence-corrected chi connectivity index (χ2v) is 6.58. The monoisotopic (exact) mass is 339 g/mol. The molecule has 2 atom stereocenters. The standard InChI is InChI=1S/C21H27NO.C2H6/c1-3-16-10-11-17-12-20(22)21(13-19(17)18(16)4-2)23-14-15-8-6-5-7-9-15;1-2/h5-9,12-13,16,18H,3-4,10-11,14,22H2,1-2H3;1-2H3. The molecule has 0 aliphatic heterocycles. The van der Waals surface area contributed by atoms with Gasteiger partial charge in [-0.1, -0.05) is 64.4 Å². The highest BCUT2D eigenvalue weighted by Gasteiger charge is 2.28. The number of anilines is 1. The lowest BCUT2D eigenvalue weighted by Crippen LogP contribution is -2.20. The Morgan fingerprint density at radius 2 is 1.76 bits per heavy atom. The number of rotatable bonds is 5. The van der Waals surface area contributed by atoms with E-state index in [1.54, 1.807) is 0 Å². The molecule has 2 N–H and O–H groups in total. The van der Waals surface area contributed by atoms with Gasteiger partial charge >= 0.3 is 0 Å². The Balaban J connectivity index is 0.00000109. The molecular weight excluding hydrogens is 306 g/mol. The van der Waals surface area contributed by atoms with E-state index in [0.717, 1.165) is 23.8 Å². The molecule has 2 aromatic rings. The Bertz CT molecular complexity index is 651. The minimum Gasteiger partial charge on any atom is -0.487 e. The van der Waals surface area contributed by atoms with Crippen molar-refractivity contribution in [2.45, 2.75) is 65.9 Å². The minimum absolute atomic E-state index is 0.567. The summed E-state index contributed by atoms with van der Waals surface area (Å²) in [4.78, 5) is 0. The number of hydrogen-bond donors (Lipinski definition) is 1. The molecule has 25 heavy (non-hydrogen) atoms. The van der Waals surface area contributed by atoms with Crippen molar-refractivity contribution >= 4 is 5.69 Å². The molecule has 0 spiro atoms. The highest BCUT2D eigenvalue weighted by Crippen LogP contribution is 2.43. The zero-order valence-electron chi connectivity index (χ0n) is 16.2. The molecule has 0 fully saturated rings. The van der Waals surface area contributed by atoms with Gasteiger partial charge in [-0.15, -0.1) is 0 Å². The van der Waals surface area contributed by atoms with Crippen LogP contribution in [0.5, 0.6) is 5.75 Å². The number of ether oxygens (including phenoxy) is 1. The van der Waals surface area contributed by atoms with E-state index in [0.29, 0.717) is 12.5 Å². The van der Waals surface area contributed by atoms with Crippen LogP contribution < -0.4 is 10.5 Å². The summed E-state index contributed by atoms with van der Waals surface area (Å²) in [6.45, 7) is 9.17. The second kappa shape index (κ2) is 9.50. The SMILES string of the molecule is CC.CCC1CCc2cc(N)c(OCc3ccccc3)cc2C1CC. The number of nitrogens with two attached hydrogens (primary N) is 1. The molecule has 0 aromatic heterocycles. The van der Waals surface area contributed by atoms with Crippen LogP contribution in [0, 0.1) is 5.92 Å². The zero-order valence-corrected chi connectivity index (χ0v) is 16.2. The zero-order chi connectivity index (χ0) is 18.2. The van der Waals surface area contributed by atoms with Gasteiger partial charge in [-0.2, -0.15) is 0 Å². The highest BCUT2D eigenvalue weighted by atomic mass is 16.5. The molecule has 2 nitrogen and oxygen atoms in total. The van der Waals surface area contributed by atoms with Crippen molar-refractivity contribution in [3.63, 3.8) is 0 Å². The predicted octanol–water partition coefficient (Wildman–Crippen LogP) is 6.34. The molecule has 2 heteroatoms. The van der Waals surface area contributed by atoms with Gasteiger partial charge in [-0.25, -0.2) is 0 Å². The predicted molar refractivity (Wildman–Crippen MR) is 108 cm³/mol. The normalized spacial score (nSPS) is 18.7. The topological polar surface area (TPSA) is 35.2 Å². The Labute approximate surface area is 153 Å². The van der Waals surface area contributed by atoms with E-state index >= 15 is 0 Å². The van der Waals surface area contributed by atoms with Gasteiger partial charge in [0, 0.05) is 0 Å². The first kappa shape index (κ1) is 19.4. The van der Waals surface area contributed by atoms with Gasteiger partial charge in [-0.05, 0) is 59.9 Å². The third-order valence-corrected chi connectivity index (χ3v) is 5.23. The van der Waals surface area contributed by atoms with Gasteiger partial charge < -0.3 is 10.5 Å². The quantitative estimate of drug-likeness (QED) is 0.645. The van der Waals surface area contributed by atoms with Crippen molar-refractivity contribution in [1.29, 1.82) is 0 Å². The van der Waals surface area contributed by atoms with E-state index in [4.69, 9.17) is 10.5 Å². The van der Waals surface area contributed by atoms with E-state index in [9.17, 15) is 0 Å². The number of fused-ring (bicyclic) bond motifs is 1. The van der Waals surface area contributed by atoms with Gasteiger partial charge in [0.15, 0.2) is 0 Å². The van der Waals surface area contributed by atoms with Crippen molar-refractivity contribution in [1.82, 2.24) is 0 Å². The van der Waals surface area contributed by atoms with Gasteiger partial charge in [-0.3, -0.25) is 0 Å². The van der Waals surface area contributed by atoms with E-state index in [2.05, 4.69) is 38.1 Å². The molecule has 0 saturated heterocycles. The Hall–Kier alpha value is -1.96. The van der Waals surface area contributed by atoms with Crippen LogP contribution >= 0.6 is 0 Å². The maximum Gasteiger partial charge on any atom is 0.142 e. The minimum atomic E-state index is 0.567. The fourth-order valence-corrected chi connectivity index (χ4v) is 3.92. The lowest BCUT2D eigenvalue weighted by molar-refractivity contribution is 0.304. The summed E-state index contributed by atoms with van der Waals surface area (Å²) >= 11 is 0. The van der Waals surface area contributed by atoms with E-state index in [1.165, 1.54) is 36.0 Å². The molecule has 0 bridgehead atoms. The van der Waals surface area contributed by atoms with Crippen LogP contribution in [0.25, 0.3) is 0 Å². The van der Waals surface area contributed by atoms with Crippen LogP contribution in [0.2, 0.25) is 0 Å². The summed E-state index contributed by atoms with van der Waals surface area (Å²) in [6.07, 6.45) is 4.87. The fourth-order valence-electron chi connectivity index (χ4n) is 3.92. The molecule has 2 unspecified atom stereocenters. The first-order valence-corrected chi connectivity index (χ1v) is 9.81. The summed E-state index contributed by atoms with van der Waals surface area (Å²) in [5.41, 5.74) is 11.1. The van der Waals surface area contributed by atoms with Gasteiger partial charge in [0.05, 0.1) is 5.69 Å². The Morgan fingerprint density at radius 3 is 2.40 bits per heavy atom. The molecule has 1 aliphatic carbocycles. The summed E-state index contributed by atoms with van der Waals surface area (Å²) in [5, 5.41) is 0. The van der Waals surface area contributed by atoms with Gasteiger partial charge in [0.25, 0.3) is 0 Å². The van der Waals surface area contributed by atoms with E-state index in [1.807, 2.05) is 32.0 Å². The molecule has 2 aromatic carbocycles. The van der Waals surface area contributed by atoms with Gasteiger partial charge in [0.1, 0.15) is 12.4 Å². The second-order valence-electron chi connectivity index (χ2n) is 6.58. The van der Waals surface area contributed by atoms with Crippen LogP contribution in [0.1, 0.15) is 69.6 Å². The maximum absolute atomic E-state index is 6.24. The molecular formula is C23H33NO. The Kier molecular flexibility index (Phi) is 7.36. The fraction of sp³-hybridized carbons (Fsp3) is 0.478. The molecule has 0 saturated carbocycles. The molecule has 0 radical (unpaired) electrons. The van der Waals surface area contributed by atoms with Crippen molar-refractivity contribution in [2.75, 3.05) is 5.73 Å². The van der Waals surface area contributed by atoms with Gasteiger partial charge in [0.2, 0.25) is 0 Å². The molecule has 0 heterocycles. The number of hydrogen-bond acceptors (Lipinski definition) is 2. The largest absolute Gasteiger partial charge is 0.487 e. The molecule has 3 rings (SSSR count). The van der Waals surface area contributed by atoms with Crippen LogP contribution in [-0.2, 0) is 13.0 Å². The first-order chi connectivity index (χ1) is 12.2. The van der Waals surface area contributed by atoms with E-state index < -0.39 is 0 Å². The highest BCUT2D eigenvalue weighted by molar-refractivity contribution is 5.58. The average Bonchev–Trinajstić information content (AvgIpc) is 2.67. The summed E-state index contributed by atoms with van der Waals surface area (Å²) in [6, 6.07) is 14.6. The van der Waals surface area contributed by atoms with Crippen molar-refractivity contribution in [3.05, 3.63) is 59.2 Å². The lowest BCUT2D eigenvalue weighted by Gasteiger charge is -2.33. The summed E-state index contributed by atoms with van der Waals surface area (Å²) < 4.78 is 6.03. The lowest BCUT2D eigenvalue weighted by atomic mass is 9.72. The van der Waals surface area contributed by atoms with Crippen molar-refractivity contribution in [2.24, 2.45) is 5.92 Å². The molecule has 1 aliphatic rings. The summed E-state index contributed by atoms with van der Waals surface area (Å²) in [7, 11) is 0. The number of nitrogen functional groups attached to an aromatic ring is 1. The first-order valence-electron chi connectivity index (χ1n) is 9.81. The average molecular weight is 340 g/mol. The smallest absolute Gasteiger partial charge is 0.142 e. The van der Waals surface area contributed by atoms with Crippen molar-refractivity contribution in [3.8, 4) is 5.75 Å². The van der Waals surface area contributed by atoms with Crippen LogP contribution in [0.3, 0.4) is 0 Å². The van der Waals surface area contributed by atoms with Crippen molar-refractivity contribution < 1.29 is 4.74 Å². The molecule has 0 amide bonds. The maximum atomic E-state index is 6.24. The Morgan fingerprint density at radius 1 is 1.04 bits per heavy atom. The molecule has 136 valence electrons. The third-order valence-electron chi connectivity index (χ3n) is 5.23. The van der Waals surface area contributed by atoms with E-state index in [-0.39, 0.29) is 0 Å². The van der Waals surface area contributed by atoms with Crippen LogP contribution in [-0.4, -0.2) is 0 Å².